The number of hydrogen-bond donors (Lipinski definition) is 0. The topological polar surface area (TPSA) is 48.7 Å². The first-order valence-electron chi connectivity index (χ1n) is 6.04. The Morgan fingerprint density at radius 2 is 2.28 bits per heavy atom. The van der Waals surface area contributed by atoms with Crippen LogP contribution in [0.4, 0.5) is 0 Å². The van der Waals surface area contributed by atoms with Gasteiger partial charge in [0.05, 0.1) is 12.7 Å². The minimum atomic E-state index is -0.127. The molecule has 94 valence electrons. The molecule has 2 heterocycles. The monoisotopic (exact) mass is 246 g/mol. The van der Waals surface area contributed by atoms with Crippen LogP contribution in [0, 0.1) is 0 Å². The van der Waals surface area contributed by atoms with E-state index in [9.17, 15) is 4.79 Å². The predicted molar refractivity (Wildman–Crippen MR) is 65.7 cm³/mol. The maximum atomic E-state index is 11.9. The summed E-state index contributed by atoms with van der Waals surface area (Å²) in [7, 11) is 0. The fraction of sp³-hybridized carbons (Fsp3) is 0.357. The lowest BCUT2D eigenvalue weighted by Crippen LogP contribution is -2.18. The molecule has 4 nitrogen and oxygen atoms in total. The van der Waals surface area contributed by atoms with E-state index in [0.717, 1.165) is 17.4 Å². The average Bonchev–Trinajstić information content (AvgIpc) is 3.04. The van der Waals surface area contributed by atoms with Gasteiger partial charge in [-0.25, -0.2) is 0 Å². The fourth-order valence-corrected chi connectivity index (χ4v) is 2.03. The number of ketones is 1. The SMILES string of the molecule is O=C(COC1CCOC1)c1cc2ccccc2o1. The Labute approximate surface area is 104 Å². The Hall–Kier alpha value is -1.65. The molecule has 1 saturated heterocycles. The lowest BCUT2D eigenvalue weighted by molar-refractivity contribution is 0.0376. The summed E-state index contributed by atoms with van der Waals surface area (Å²) in [6, 6.07) is 9.32. The maximum Gasteiger partial charge on any atom is 0.223 e. The quantitative estimate of drug-likeness (QED) is 0.777. The highest BCUT2D eigenvalue weighted by molar-refractivity contribution is 5.98. The predicted octanol–water partition coefficient (Wildman–Crippen LogP) is 2.42. The van der Waals surface area contributed by atoms with E-state index in [-0.39, 0.29) is 18.5 Å². The minimum Gasteiger partial charge on any atom is -0.453 e. The number of ether oxygens (including phenoxy) is 2. The lowest BCUT2D eigenvalue weighted by Gasteiger charge is -2.07. The van der Waals surface area contributed by atoms with Gasteiger partial charge in [0.25, 0.3) is 0 Å². The second-order valence-electron chi connectivity index (χ2n) is 4.37. The van der Waals surface area contributed by atoms with Gasteiger partial charge in [0.15, 0.2) is 5.76 Å². The molecule has 1 aromatic carbocycles. The van der Waals surface area contributed by atoms with Crippen LogP contribution in [0.15, 0.2) is 34.7 Å². The van der Waals surface area contributed by atoms with E-state index in [4.69, 9.17) is 13.9 Å². The number of carbonyl (C=O) groups is 1. The van der Waals surface area contributed by atoms with Crippen molar-refractivity contribution in [2.24, 2.45) is 0 Å². The summed E-state index contributed by atoms with van der Waals surface area (Å²) in [4.78, 5) is 11.9. The molecular formula is C14H14O4. The highest BCUT2D eigenvalue weighted by atomic mass is 16.5. The molecule has 1 aliphatic rings. The van der Waals surface area contributed by atoms with Gasteiger partial charge in [-0.3, -0.25) is 4.79 Å². The molecule has 1 aliphatic heterocycles. The van der Waals surface area contributed by atoms with Gasteiger partial charge in [-0.2, -0.15) is 0 Å². The first-order chi connectivity index (χ1) is 8.83. The van der Waals surface area contributed by atoms with Crippen LogP contribution in [-0.4, -0.2) is 31.7 Å². The number of para-hydroxylation sites is 1. The fourth-order valence-electron chi connectivity index (χ4n) is 2.03. The zero-order valence-corrected chi connectivity index (χ0v) is 9.93. The van der Waals surface area contributed by atoms with Crippen molar-refractivity contribution in [3.63, 3.8) is 0 Å². The van der Waals surface area contributed by atoms with Crippen LogP contribution in [0.1, 0.15) is 17.0 Å². The molecule has 1 aromatic heterocycles. The molecule has 3 rings (SSSR count). The number of carbonyl (C=O) groups excluding carboxylic acids is 1. The molecule has 4 heteroatoms. The van der Waals surface area contributed by atoms with E-state index < -0.39 is 0 Å². The Balaban J connectivity index is 1.67. The van der Waals surface area contributed by atoms with Gasteiger partial charge in [-0.05, 0) is 18.6 Å². The standard InChI is InChI=1S/C14H14O4/c15-12(9-17-11-5-6-16-8-11)14-7-10-3-1-2-4-13(10)18-14/h1-4,7,11H,5-6,8-9H2. The number of benzene rings is 1. The second-order valence-corrected chi connectivity index (χ2v) is 4.37. The van der Waals surface area contributed by atoms with Crippen molar-refractivity contribution < 1.29 is 18.7 Å². The molecule has 0 spiro atoms. The van der Waals surface area contributed by atoms with Crippen molar-refractivity contribution in [3.05, 3.63) is 36.1 Å². The number of hydrogen-bond acceptors (Lipinski definition) is 4. The van der Waals surface area contributed by atoms with Crippen LogP contribution in [-0.2, 0) is 9.47 Å². The summed E-state index contributed by atoms with van der Waals surface area (Å²) >= 11 is 0. The van der Waals surface area contributed by atoms with Crippen molar-refractivity contribution in [1.29, 1.82) is 0 Å². The first-order valence-corrected chi connectivity index (χ1v) is 6.04. The molecule has 0 N–H and O–H groups in total. The average molecular weight is 246 g/mol. The number of furan rings is 1. The zero-order valence-electron chi connectivity index (χ0n) is 9.93. The van der Waals surface area contributed by atoms with Gasteiger partial charge in [0.1, 0.15) is 12.2 Å². The molecule has 1 atom stereocenters. The molecule has 0 saturated carbocycles. The van der Waals surface area contributed by atoms with E-state index >= 15 is 0 Å². The van der Waals surface area contributed by atoms with Crippen LogP contribution in [0.2, 0.25) is 0 Å². The van der Waals surface area contributed by atoms with Gasteiger partial charge >= 0.3 is 0 Å². The summed E-state index contributed by atoms with van der Waals surface area (Å²) < 4.78 is 16.1. The molecule has 0 aliphatic carbocycles. The van der Waals surface area contributed by atoms with E-state index in [1.54, 1.807) is 6.07 Å². The third-order valence-corrected chi connectivity index (χ3v) is 3.04. The molecule has 0 radical (unpaired) electrons. The Morgan fingerprint density at radius 1 is 1.39 bits per heavy atom. The third-order valence-electron chi connectivity index (χ3n) is 3.04. The summed E-state index contributed by atoms with van der Waals surface area (Å²) in [6.45, 7) is 1.34. The van der Waals surface area contributed by atoms with Crippen LogP contribution >= 0.6 is 0 Å². The third kappa shape index (κ3) is 2.30. The Kier molecular flexibility index (Phi) is 3.13. The van der Waals surface area contributed by atoms with Gasteiger partial charge in [-0.1, -0.05) is 18.2 Å². The zero-order chi connectivity index (χ0) is 12.4. The smallest absolute Gasteiger partial charge is 0.223 e. The normalized spacial score (nSPS) is 19.4. The highest BCUT2D eigenvalue weighted by Gasteiger charge is 2.19. The van der Waals surface area contributed by atoms with Crippen LogP contribution in [0.25, 0.3) is 11.0 Å². The van der Waals surface area contributed by atoms with Crippen molar-refractivity contribution in [2.45, 2.75) is 12.5 Å². The second kappa shape index (κ2) is 4.92. The van der Waals surface area contributed by atoms with Crippen molar-refractivity contribution in [3.8, 4) is 0 Å². The van der Waals surface area contributed by atoms with Crippen LogP contribution in [0.5, 0.6) is 0 Å². The number of Topliss-reactive ketones (excluding diaryl/α,β-unsaturated/α-hetero) is 1. The molecule has 0 bridgehead atoms. The van der Waals surface area contributed by atoms with Gasteiger partial charge in [0.2, 0.25) is 5.78 Å². The van der Waals surface area contributed by atoms with E-state index in [1.807, 2.05) is 24.3 Å². The Bertz CT molecular complexity index is 519. The lowest BCUT2D eigenvalue weighted by atomic mass is 10.2. The van der Waals surface area contributed by atoms with Crippen molar-refractivity contribution >= 4 is 16.8 Å². The maximum absolute atomic E-state index is 11.9. The molecule has 18 heavy (non-hydrogen) atoms. The summed E-state index contributed by atoms with van der Waals surface area (Å²) in [5.74, 6) is 0.230. The van der Waals surface area contributed by atoms with E-state index in [2.05, 4.69) is 0 Å². The number of rotatable bonds is 4. The number of fused-ring (bicyclic) bond motifs is 1. The van der Waals surface area contributed by atoms with E-state index in [1.165, 1.54) is 0 Å². The van der Waals surface area contributed by atoms with Crippen LogP contribution < -0.4 is 0 Å². The summed E-state index contributed by atoms with van der Waals surface area (Å²) in [6.07, 6.45) is 0.895. The largest absolute Gasteiger partial charge is 0.453 e. The molecule has 1 fully saturated rings. The van der Waals surface area contributed by atoms with Crippen LogP contribution in [0.3, 0.4) is 0 Å². The molecular weight excluding hydrogens is 232 g/mol. The van der Waals surface area contributed by atoms with Gasteiger partial charge in [0, 0.05) is 12.0 Å². The van der Waals surface area contributed by atoms with Gasteiger partial charge in [-0.15, -0.1) is 0 Å². The highest BCUT2D eigenvalue weighted by Crippen LogP contribution is 2.19. The minimum absolute atomic E-state index is 0.0401. The molecule has 1 unspecified atom stereocenters. The molecule has 2 aromatic rings. The molecule has 0 amide bonds. The van der Waals surface area contributed by atoms with Crippen molar-refractivity contribution in [1.82, 2.24) is 0 Å². The van der Waals surface area contributed by atoms with E-state index in [0.29, 0.717) is 19.0 Å². The van der Waals surface area contributed by atoms with Crippen molar-refractivity contribution in [2.75, 3.05) is 19.8 Å². The summed E-state index contributed by atoms with van der Waals surface area (Å²) in [5.41, 5.74) is 0.727. The first kappa shape index (κ1) is 11.4. The summed E-state index contributed by atoms with van der Waals surface area (Å²) in [5, 5.41) is 0.935. The van der Waals surface area contributed by atoms with Gasteiger partial charge < -0.3 is 13.9 Å². The Morgan fingerprint density at radius 3 is 3.06 bits per heavy atom.